The van der Waals surface area contributed by atoms with Crippen molar-refractivity contribution < 1.29 is 0 Å². The number of fused-ring (bicyclic) bond motifs is 3. The first kappa shape index (κ1) is 16.3. The molecular formula is C14H15Cl3N2Sn-2. The SMILES string of the molecule is C1=Cc2ccc3c(c2[N-]C1)[N-]CC=C3.C[CH2][Sn]([Cl])([Cl])[Cl]. The topological polar surface area (TPSA) is 28.2 Å². The summed E-state index contributed by atoms with van der Waals surface area (Å²) < 4.78 is 0.777. The predicted molar refractivity (Wildman–Crippen MR) is 94.1 cm³/mol. The van der Waals surface area contributed by atoms with Gasteiger partial charge in [0.15, 0.2) is 0 Å². The third kappa shape index (κ3) is 4.48. The predicted octanol–water partition coefficient (Wildman–Crippen LogP) is 6.41. The average molecular weight is 436 g/mol. The zero-order valence-electron chi connectivity index (χ0n) is 11.1. The first-order chi connectivity index (χ1) is 9.51. The zero-order valence-corrected chi connectivity index (χ0v) is 16.2. The van der Waals surface area contributed by atoms with E-state index in [1.165, 1.54) is 11.1 Å². The van der Waals surface area contributed by atoms with Gasteiger partial charge in [0, 0.05) is 0 Å². The minimum atomic E-state index is -2.81. The van der Waals surface area contributed by atoms with E-state index in [9.17, 15) is 0 Å². The first-order valence-corrected chi connectivity index (χ1v) is 19.3. The number of halogens is 3. The summed E-state index contributed by atoms with van der Waals surface area (Å²) in [6.45, 7) is 3.47. The molecule has 2 nitrogen and oxygen atoms in total. The Labute approximate surface area is 135 Å². The van der Waals surface area contributed by atoms with Crippen molar-refractivity contribution in [2.45, 2.75) is 11.4 Å². The van der Waals surface area contributed by atoms with Crippen molar-refractivity contribution in [3.63, 3.8) is 0 Å². The number of benzene rings is 1. The van der Waals surface area contributed by atoms with Crippen LogP contribution in [0.5, 0.6) is 0 Å². The van der Waals surface area contributed by atoms with E-state index < -0.39 is 15.0 Å². The second kappa shape index (κ2) is 7.30. The molecule has 0 atom stereocenters. The van der Waals surface area contributed by atoms with Crippen LogP contribution in [0.25, 0.3) is 22.8 Å². The van der Waals surface area contributed by atoms with Crippen LogP contribution in [0.4, 0.5) is 11.4 Å². The van der Waals surface area contributed by atoms with Gasteiger partial charge in [-0.25, -0.2) is 0 Å². The van der Waals surface area contributed by atoms with Gasteiger partial charge in [-0.3, -0.25) is 0 Å². The molecule has 2 heterocycles. The van der Waals surface area contributed by atoms with Crippen molar-refractivity contribution in [1.82, 2.24) is 0 Å². The van der Waals surface area contributed by atoms with E-state index in [0.29, 0.717) is 0 Å². The molecule has 2 aliphatic rings. The Morgan fingerprint density at radius 3 is 1.70 bits per heavy atom. The summed E-state index contributed by atoms with van der Waals surface area (Å²) in [5.41, 5.74) is 4.51. The Morgan fingerprint density at radius 1 is 0.950 bits per heavy atom. The van der Waals surface area contributed by atoms with E-state index in [-0.39, 0.29) is 0 Å². The molecule has 0 saturated carbocycles. The number of hydrogen-bond donors (Lipinski definition) is 0. The van der Waals surface area contributed by atoms with Crippen LogP contribution in [-0.4, -0.2) is 28.1 Å². The van der Waals surface area contributed by atoms with Crippen molar-refractivity contribution in [3.8, 4) is 0 Å². The number of hydrogen-bond acceptors (Lipinski definition) is 0. The molecule has 0 aliphatic carbocycles. The average Bonchev–Trinajstić information content (AvgIpc) is 2.47. The second-order valence-electron chi connectivity index (χ2n) is 4.40. The van der Waals surface area contributed by atoms with Gasteiger partial charge in [0.05, 0.1) is 0 Å². The molecule has 0 fully saturated rings. The van der Waals surface area contributed by atoms with Crippen LogP contribution in [0.3, 0.4) is 0 Å². The van der Waals surface area contributed by atoms with Crippen LogP contribution < -0.4 is 0 Å². The van der Waals surface area contributed by atoms with Gasteiger partial charge in [0.2, 0.25) is 0 Å². The Morgan fingerprint density at radius 2 is 1.35 bits per heavy atom. The van der Waals surface area contributed by atoms with E-state index in [2.05, 4.69) is 47.1 Å². The second-order valence-corrected chi connectivity index (χ2v) is 26.8. The normalized spacial score (nSPS) is 15.2. The van der Waals surface area contributed by atoms with E-state index in [1.54, 1.807) is 0 Å². The van der Waals surface area contributed by atoms with Crippen molar-refractivity contribution in [3.05, 3.63) is 46.0 Å². The first-order valence-electron chi connectivity index (χ1n) is 6.43. The molecule has 1 aromatic carbocycles. The van der Waals surface area contributed by atoms with E-state index in [0.717, 1.165) is 28.9 Å². The van der Waals surface area contributed by atoms with Crippen molar-refractivity contribution in [2.24, 2.45) is 0 Å². The zero-order chi connectivity index (χ0) is 14.6. The van der Waals surface area contributed by atoms with Crippen LogP contribution in [0, 0.1) is 0 Å². The Hall–Kier alpha value is -0.0313. The molecular weight excluding hydrogens is 421 g/mol. The molecule has 0 aromatic heterocycles. The third-order valence-corrected chi connectivity index (χ3v) is 10.6. The van der Waals surface area contributed by atoms with Gasteiger partial charge in [0.1, 0.15) is 0 Å². The van der Waals surface area contributed by atoms with Gasteiger partial charge in [-0.1, -0.05) is 24.3 Å². The molecule has 2 aliphatic heterocycles. The van der Waals surface area contributed by atoms with E-state index in [4.69, 9.17) is 26.8 Å². The molecule has 0 spiro atoms. The fourth-order valence-electron chi connectivity index (χ4n) is 1.86. The van der Waals surface area contributed by atoms with Gasteiger partial charge in [-0.05, 0) is 11.1 Å². The maximum atomic E-state index is 5.46. The van der Waals surface area contributed by atoms with Gasteiger partial charge < -0.3 is 10.6 Å². The Kier molecular flexibility index (Phi) is 5.96. The van der Waals surface area contributed by atoms with Crippen LogP contribution >= 0.6 is 26.8 Å². The number of nitrogens with zero attached hydrogens (tertiary/aromatic N) is 2. The monoisotopic (exact) mass is 436 g/mol. The van der Waals surface area contributed by atoms with Crippen LogP contribution in [0.15, 0.2) is 24.3 Å². The summed E-state index contributed by atoms with van der Waals surface area (Å²) in [6, 6.07) is 4.22. The standard InChI is InChI=1S/C12H10N2.C2H5.3ClH.Sn/c1-3-9-5-6-10-4-2-8-14-12(10)11(9)13-7-1;1-2;;;;/h1-6H,7-8H2;1H2,2H3;3*1H;/q-2;;;;;+3/p-3. The molecule has 1 aromatic rings. The molecule has 0 saturated heterocycles. The van der Waals surface area contributed by atoms with Crippen LogP contribution in [0.2, 0.25) is 4.44 Å². The maximum absolute atomic E-state index is 5.46. The molecule has 0 bridgehead atoms. The van der Waals surface area contributed by atoms with Gasteiger partial charge in [-0.2, -0.15) is 0 Å². The van der Waals surface area contributed by atoms with E-state index in [1.807, 2.05) is 6.92 Å². The summed E-state index contributed by atoms with van der Waals surface area (Å²) >= 11 is -2.81. The fourth-order valence-corrected chi connectivity index (χ4v) is 1.86. The molecule has 108 valence electrons. The number of rotatable bonds is 1. The van der Waals surface area contributed by atoms with E-state index >= 15 is 0 Å². The summed E-state index contributed by atoms with van der Waals surface area (Å²) in [7, 11) is 16.4. The molecule has 0 amide bonds. The van der Waals surface area contributed by atoms with Crippen LogP contribution in [-0.2, 0) is 0 Å². The Balaban J connectivity index is 0.000000212. The van der Waals surface area contributed by atoms with Gasteiger partial charge in [0.25, 0.3) is 0 Å². The minimum absolute atomic E-state index is 0.777. The van der Waals surface area contributed by atoms with Crippen LogP contribution in [0.1, 0.15) is 18.1 Å². The van der Waals surface area contributed by atoms with Gasteiger partial charge in [-0.15, -0.1) is 36.6 Å². The van der Waals surface area contributed by atoms with Crippen molar-refractivity contribution in [2.75, 3.05) is 13.1 Å². The van der Waals surface area contributed by atoms with Gasteiger partial charge >= 0.3 is 53.1 Å². The molecule has 20 heavy (non-hydrogen) atoms. The molecule has 3 rings (SSSR count). The van der Waals surface area contributed by atoms with Crippen molar-refractivity contribution >= 4 is 65.3 Å². The molecule has 0 N–H and O–H groups in total. The quantitative estimate of drug-likeness (QED) is 0.455. The fraction of sp³-hybridized carbons (Fsp3) is 0.286. The summed E-state index contributed by atoms with van der Waals surface area (Å²) in [6.07, 6.45) is 8.40. The molecule has 6 heteroatoms. The molecule has 0 radical (unpaired) electrons. The Bertz CT molecular complexity index is 495. The summed E-state index contributed by atoms with van der Waals surface area (Å²) in [5, 5.41) is 8.98. The third-order valence-electron chi connectivity index (χ3n) is 2.92. The molecule has 0 unspecified atom stereocenters. The summed E-state index contributed by atoms with van der Waals surface area (Å²) in [4.78, 5) is 0. The summed E-state index contributed by atoms with van der Waals surface area (Å²) in [5.74, 6) is 0. The van der Waals surface area contributed by atoms with Crippen molar-refractivity contribution in [1.29, 1.82) is 0 Å².